The van der Waals surface area contributed by atoms with Gasteiger partial charge in [0.15, 0.2) is 5.76 Å². The van der Waals surface area contributed by atoms with Gasteiger partial charge in [0.05, 0.1) is 0 Å². The summed E-state index contributed by atoms with van der Waals surface area (Å²) < 4.78 is 5.84. The molecule has 3 N–H and O–H groups in total. The van der Waals surface area contributed by atoms with E-state index in [4.69, 9.17) is 4.42 Å². The van der Waals surface area contributed by atoms with Crippen molar-refractivity contribution in [3.05, 3.63) is 77.8 Å². The molecule has 0 aliphatic heterocycles. The molecular formula is C27H30N4O4. The zero-order chi connectivity index (χ0) is 24.6. The Balaban J connectivity index is 1.41. The minimum atomic E-state index is -0.575. The molecule has 0 bridgehead atoms. The molecule has 35 heavy (non-hydrogen) atoms. The third kappa shape index (κ3) is 6.15. The quantitative estimate of drug-likeness (QED) is 0.461. The predicted octanol–water partition coefficient (Wildman–Crippen LogP) is 3.70. The fraction of sp³-hybridized carbons (Fsp3) is 0.333. The average Bonchev–Trinajstić information content (AvgIpc) is 3.42. The van der Waals surface area contributed by atoms with E-state index in [-0.39, 0.29) is 23.5 Å². The van der Waals surface area contributed by atoms with Gasteiger partial charge in [-0.1, -0.05) is 37.5 Å². The van der Waals surface area contributed by atoms with Crippen LogP contribution in [-0.4, -0.2) is 35.8 Å². The molecular weight excluding hydrogens is 444 g/mol. The number of rotatable bonds is 8. The molecule has 0 saturated heterocycles. The molecule has 1 aliphatic rings. The number of carbonyl (C=O) groups is 3. The van der Waals surface area contributed by atoms with Gasteiger partial charge in [-0.2, -0.15) is 0 Å². The van der Waals surface area contributed by atoms with Crippen LogP contribution >= 0.6 is 0 Å². The first kappa shape index (κ1) is 24.2. The van der Waals surface area contributed by atoms with Gasteiger partial charge in [0, 0.05) is 37.1 Å². The van der Waals surface area contributed by atoms with E-state index >= 15 is 0 Å². The van der Waals surface area contributed by atoms with Crippen LogP contribution in [0.4, 0.5) is 0 Å². The third-order valence-corrected chi connectivity index (χ3v) is 6.37. The molecule has 3 aromatic rings. The largest absolute Gasteiger partial charge is 0.451 e. The molecule has 4 rings (SSSR count). The Bertz CT molecular complexity index is 1170. The first-order valence-corrected chi connectivity index (χ1v) is 11.9. The zero-order valence-electron chi connectivity index (χ0n) is 19.8. The van der Waals surface area contributed by atoms with Gasteiger partial charge >= 0.3 is 0 Å². The average molecular weight is 475 g/mol. The number of benzene rings is 1. The van der Waals surface area contributed by atoms with E-state index in [1.54, 1.807) is 43.7 Å². The molecule has 1 saturated carbocycles. The van der Waals surface area contributed by atoms with Crippen molar-refractivity contribution in [2.75, 3.05) is 7.05 Å². The molecule has 0 spiro atoms. The second-order valence-electron chi connectivity index (χ2n) is 8.75. The van der Waals surface area contributed by atoms with Crippen LogP contribution in [-0.2, 0) is 11.3 Å². The maximum absolute atomic E-state index is 12.9. The molecule has 8 heteroatoms. The summed E-state index contributed by atoms with van der Waals surface area (Å²) in [6.45, 7) is 0.345. The van der Waals surface area contributed by atoms with Crippen LogP contribution in [0, 0.1) is 5.92 Å². The van der Waals surface area contributed by atoms with Gasteiger partial charge < -0.3 is 20.4 Å². The Kier molecular flexibility index (Phi) is 7.92. The second kappa shape index (κ2) is 11.5. The Labute approximate surface area is 204 Å². The highest BCUT2D eigenvalue weighted by Crippen LogP contribution is 2.28. The van der Waals surface area contributed by atoms with Crippen LogP contribution < -0.4 is 16.0 Å². The second-order valence-corrected chi connectivity index (χ2v) is 8.75. The number of nitrogens with one attached hydrogen (secondary N) is 3. The lowest BCUT2D eigenvalue weighted by atomic mass is 9.83. The molecule has 1 fully saturated rings. The highest BCUT2D eigenvalue weighted by atomic mass is 16.4. The van der Waals surface area contributed by atoms with Crippen LogP contribution in [0.1, 0.15) is 58.6 Å². The summed E-state index contributed by atoms with van der Waals surface area (Å²) in [5.74, 6) is 0.0435. The lowest BCUT2D eigenvalue weighted by Gasteiger charge is -2.29. The predicted molar refractivity (Wildman–Crippen MR) is 131 cm³/mol. The smallest absolute Gasteiger partial charge is 0.287 e. The molecule has 0 unspecified atom stereocenters. The van der Waals surface area contributed by atoms with E-state index in [0.29, 0.717) is 17.9 Å². The molecule has 2 aromatic heterocycles. The van der Waals surface area contributed by atoms with Gasteiger partial charge in [0.25, 0.3) is 11.8 Å². The van der Waals surface area contributed by atoms with Crippen molar-refractivity contribution < 1.29 is 18.8 Å². The lowest BCUT2D eigenvalue weighted by molar-refractivity contribution is -0.124. The fourth-order valence-electron chi connectivity index (χ4n) is 4.47. The van der Waals surface area contributed by atoms with Crippen molar-refractivity contribution in [2.45, 2.75) is 44.7 Å². The van der Waals surface area contributed by atoms with Gasteiger partial charge in [-0.05, 0) is 54.7 Å². The molecule has 0 radical (unpaired) electrons. The van der Waals surface area contributed by atoms with Gasteiger partial charge in [-0.3, -0.25) is 19.4 Å². The molecule has 8 nitrogen and oxygen atoms in total. The van der Waals surface area contributed by atoms with E-state index in [1.807, 2.05) is 24.3 Å². The summed E-state index contributed by atoms with van der Waals surface area (Å²) in [5.41, 5.74) is 2.22. The van der Waals surface area contributed by atoms with E-state index in [2.05, 4.69) is 20.9 Å². The maximum Gasteiger partial charge on any atom is 0.287 e. The number of nitrogens with zero attached hydrogens (tertiary/aromatic N) is 1. The normalized spacial score (nSPS) is 14.7. The van der Waals surface area contributed by atoms with Crippen molar-refractivity contribution in [3.8, 4) is 11.3 Å². The zero-order valence-corrected chi connectivity index (χ0v) is 19.8. The number of aromatic nitrogens is 1. The number of amides is 3. The Morgan fingerprint density at radius 3 is 2.51 bits per heavy atom. The van der Waals surface area contributed by atoms with Gasteiger partial charge in [-0.15, -0.1) is 0 Å². The number of furan rings is 1. The van der Waals surface area contributed by atoms with Crippen LogP contribution in [0.5, 0.6) is 0 Å². The Hall–Kier alpha value is -3.94. The van der Waals surface area contributed by atoms with Crippen molar-refractivity contribution in [1.82, 2.24) is 20.9 Å². The minimum absolute atomic E-state index is 0.126. The Morgan fingerprint density at radius 1 is 1.00 bits per heavy atom. The standard InChI is InChI=1S/C27H30N4O4/c1-28-27(34)24(19-7-3-2-4-8-19)31-26(33)23-11-10-22(35-23)21-9-5-6-18(16-21)17-30-25(32)20-12-14-29-15-13-20/h5-6,9-16,19,24H,2-4,7-8,17H2,1H3,(H,28,34)(H,30,32)(H,31,33)/t24-/m0/s1. The van der Waals surface area contributed by atoms with E-state index in [9.17, 15) is 14.4 Å². The molecule has 1 atom stereocenters. The first-order chi connectivity index (χ1) is 17.0. The van der Waals surface area contributed by atoms with E-state index in [1.165, 1.54) is 6.42 Å². The number of carbonyl (C=O) groups excluding carboxylic acids is 3. The van der Waals surface area contributed by atoms with E-state index in [0.717, 1.165) is 36.8 Å². The first-order valence-electron chi connectivity index (χ1n) is 11.9. The van der Waals surface area contributed by atoms with Gasteiger partial charge in [0.2, 0.25) is 5.91 Å². The molecule has 182 valence electrons. The summed E-state index contributed by atoms with van der Waals surface area (Å²) in [5, 5.41) is 8.44. The lowest BCUT2D eigenvalue weighted by Crippen LogP contribution is -2.50. The number of pyridine rings is 1. The van der Waals surface area contributed by atoms with Crippen LogP contribution in [0.3, 0.4) is 0 Å². The van der Waals surface area contributed by atoms with E-state index < -0.39 is 11.9 Å². The minimum Gasteiger partial charge on any atom is -0.451 e. The highest BCUT2D eigenvalue weighted by molar-refractivity contribution is 5.96. The SMILES string of the molecule is CNC(=O)[C@@H](NC(=O)c1ccc(-c2cccc(CNC(=O)c3ccncc3)c2)o1)C1CCCCC1. The maximum atomic E-state index is 12.9. The molecule has 1 aromatic carbocycles. The van der Waals surface area contributed by atoms with Gasteiger partial charge in [0.1, 0.15) is 11.8 Å². The summed E-state index contributed by atoms with van der Waals surface area (Å²) in [4.78, 5) is 41.6. The number of likely N-dealkylation sites (N-methyl/N-ethyl adjacent to an activating group) is 1. The Morgan fingerprint density at radius 2 is 1.77 bits per heavy atom. The summed E-state index contributed by atoms with van der Waals surface area (Å²) in [6, 6.07) is 13.7. The number of hydrogen-bond donors (Lipinski definition) is 3. The van der Waals surface area contributed by atoms with Crippen molar-refractivity contribution in [1.29, 1.82) is 0 Å². The van der Waals surface area contributed by atoms with Crippen molar-refractivity contribution >= 4 is 17.7 Å². The fourth-order valence-corrected chi connectivity index (χ4v) is 4.47. The summed E-state index contributed by atoms with van der Waals surface area (Å²) >= 11 is 0. The summed E-state index contributed by atoms with van der Waals surface area (Å²) in [6.07, 6.45) is 8.30. The monoisotopic (exact) mass is 474 g/mol. The van der Waals surface area contributed by atoms with Gasteiger partial charge in [-0.25, -0.2) is 0 Å². The van der Waals surface area contributed by atoms with Crippen molar-refractivity contribution in [2.24, 2.45) is 5.92 Å². The molecule has 3 amide bonds. The van der Waals surface area contributed by atoms with Crippen LogP contribution in [0.25, 0.3) is 11.3 Å². The van der Waals surface area contributed by atoms with Crippen LogP contribution in [0.2, 0.25) is 0 Å². The number of hydrogen-bond acceptors (Lipinski definition) is 5. The van der Waals surface area contributed by atoms with Crippen LogP contribution in [0.15, 0.2) is 65.3 Å². The highest BCUT2D eigenvalue weighted by Gasteiger charge is 2.31. The molecule has 2 heterocycles. The molecule has 1 aliphatic carbocycles. The van der Waals surface area contributed by atoms with Crippen molar-refractivity contribution in [3.63, 3.8) is 0 Å². The third-order valence-electron chi connectivity index (χ3n) is 6.37. The topological polar surface area (TPSA) is 113 Å². The summed E-state index contributed by atoms with van der Waals surface area (Å²) in [7, 11) is 1.59.